The molecule has 2 aromatic heterocycles. The molecule has 0 bridgehead atoms. The Labute approximate surface area is 123 Å². The normalized spacial score (nSPS) is 16.9. The minimum atomic E-state index is 0.192. The molecule has 5 heteroatoms. The van der Waals surface area contributed by atoms with Crippen LogP contribution in [0.1, 0.15) is 50.3 Å². The summed E-state index contributed by atoms with van der Waals surface area (Å²) in [5, 5.41) is 9.73. The fourth-order valence-electron chi connectivity index (χ4n) is 3.13. The van der Waals surface area contributed by atoms with Crippen LogP contribution in [0.4, 0.5) is 0 Å². The zero-order valence-corrected chi connectivity index (χ0v) is 12.3. The van der Waals surface area contributed by atoms with Gasteiger partial charge in [0.2, 0.25) is 0 Å². The Hall–Kier alpha value is -1.13. The number of fused-ring (bicyclic) bond motifs is 1. The number of hydrogen-bond acceptors (Lipinski definition) is 3. The van der Waals surface area contributed by atoms with Crippen LogP contribution >= 0.6 is 11.6 Å². The van der Waals surface area contributed by atoms with Crippen molar-refractivity contribution in [2.75, 3.05) is 6.61 Å². The van der Waals surface area contributed by atoms with Crippen LogP contribution in [0.5, 0.6) is 0 Å². The second-order valence-corrected chi connectivity index (χ2v) is 5.97. The minimum Gasteiger partial charge on any atom is -0.396 e. The molecule has 0 unspecified atom stereocenters. The maximum absolute atomic E-state index is 9.11. The van der Waals surface area contributed by atoms with Gasteiger partial charge in [-0.05, 0) is 25.3 Å². The van der Waals surface area contributed by atoms with Crippen LogP contribution in [-0.4, -0.2) is 26.2 Å². The first-order chi connectivity index (χ1) is 9.79. The average molecular weight is 294 g/mol. The summed E-state index contributed by atoms with van der Waals surface area (Å²) in [6.07, 6.45) is 8.70. The molecule has 108 valence electrons. The highest BCUT2D eigenvalue weighted by atomic mass is 35.5. The van der Waals surface area contributed by atoms with Crippen LogP contribution < -0.4 is 0 Å². The topological polar surface area (TPSA) is 50.9 Å². The van der Waals surface area contributed by atoms with Crippen molar-refractivity contribution < 1.29 is 5.11 Å². The van der Waals surface area contributed by atoms with E-state index in [1.807, 2.05) is 6.07 Å². The van der Waals surface area contributed by atoms with Crippen molar-refractivity contribution in [1.29, 1.82) is 0 Å². The third-order valence-electron chi connectivity index (χ3n) is 4.09. The van der Waals surface area contributed by atoms with Gasteiger partial charge < -0.3 is 9.67 Å². The van der Waals surface area contributed by atoms with E-state index in [0.29, 0.717) is 10.9 Å². The molecule has 0 aliphatic heterocycles. The van der Waals surface area contributed by atoms with Gasteiger partial charge in [-0.25, -0.2) is 9.97 Å². The Morgan fingerprint density at radius 1 is 1.30 bits per heavy atom. The lowest BCUT2D eigenvalue weighted by Crippen LogP contribution is -2.13. The number of nitrogens with zero attached hydrogens (tertiary/aromatic N) is 3. The third-order valence-corrected chi connectivity index (χ3v) is 4.30. The van der Waals surface area contributed by atoms with Gasteiger partial charge in [0.25, 0.3) is 0 Å². The van der Waals surface area contributed by atoms with Crippen molar-refractivity contribution in [3.05, 3.63) is 23.1 Å². The van der Waals surface area contributed by atoms with Crippen LogP contribution in [0.25, 0.3) is 11.2 Å². The summed E-state index contributed by atoms with van der Waals surface area (Å²) in [5.74, 6) is 1.65. The largest absolute Gasteiger partial charge is 0.396 e. The number of imidazole rings is 1. The first kappa shape index (κ1) is 13.8. The van der Waals surface area contributed by atoms with Crippen molar-refractivity contribution in [2.24, 2.45) is 0 Å². The summed E-state index contributed by atoms with van der Waals surface area (Å²) in [6.45, 7) is 0.963. The zero-order valence-electron chi connectivity index (χ0n) is 11.6. The van der Waals surface area contributed by atoms with E-state index in [1.54, 1.807) is 6.20 Å². The molecule has 1 aliphatic rings. The van der Waals surface area contributed by atoms with E-state index in [1.165, 1.54) is 32.1 Å². The summed E-state index contributed by atoms with van der Waals surface area (Å²) >= 11 is 6.02. The van der Waals surface area contributed by atoms with Gasteiger partial charge in [-0.1, -0.05) is 30.9 Å². The Kier molecular flexibility index (Phi) is 4.22. The molecule has 0 spiro atoms. The highest BCUT2D eigenvalue weighted by Gasteiger charge is 2.22. The molecular formula is C15H20ClN3O. The summed E-state index contributed by atoms with van der Waals surface area (Å²) in [4.78, 5) is 9.22. The molecule has 1 aliphatic carbocycles. The molecule has 0 amide bonds. The highest BCUT2D eigenvalue weighted by molar-refractivity contribution is 6.31. The van der Waals surface area contributed by atoms with Crippen LogP contribution in [0, 0.1) is 0 Å². The summed E-state index contributed by atoms with van der Waals surface area (Å²) in [6, 6.07) is 1.88. The Bertz CT molecular complexity index is 590. The zero-order chi connectivity index (χ0) is 13.9. The number of rotatable bonds is 4. The van der Waals surface area contributed by atoms with Crippen molar-refractivity contribution in [1.82, 2.24) is 14.5 Å². The number of aryl methyl sites for hydroxylation is 1. The molecule has 1 saturated carbocycles. The van der Waals surface area contributed by atoms with Gasteiger partial charge in [0.05, 0.1) is 5.02 Å². The highest BCUT2D eigenvalue weighted by Crippen LogP contribution is 2.34. The number of pyridine rings is 1. The molecule has 2 aromatic rings. The van der Waals surface area contributed by atoms with Crippen molar-refractivity contribution in [3.8, 4) is 0 Å². The summed E-state index contributed by atoms with van der Waals surface area (Å²) < 4.78 is 2.18. The monoisotopic (exact) mass is 293 g/mol. The lowest BCUT2D eigenvalue weighted by atomic mass is 9.88. The van der Waals surface area contributed by atoms with E-state index < -0.39 is 0 Å². The standard InChI is InChI=1S/C15H20ClN3O/c16-12-9-13-15(17-10-12)19(7-4-8-20)14(18-13)11-5-2-1-3-6-11/h9-11,20H,1-8H2. The van der Waals surface area contributed by atoms with Gasteiger partial charge >= 0.3 is 0 Å². The van der Waals surface area contributed by atoms with Gasteiger partial charge in [-0.15, -0.1) is 0 Å². The second kappa shape index (κ2) is 6.10. The van der Waals surface area contributed by atoms with Crippen molar-refractivity contribution in [2.45, 2.75) is 51.0 Å². The fourth-order valence-corrected chi connectivity index (χ4v) is 3.28. The van der Waals surface area contributed by atoms with E-state index >= 15 is 0 Å². The SMILES string of the molecule is OCCCn1c(C2CCCCC2)nc2cc(Cl)cnc21. The van der Waals surface area contributed by atoms with E-state index in [2.05, 4.69) is 9.55 Å². The number of halogens is 1. The predicted molar refractivity (Wildman–Crippen MR) is 80.1 cm³/mol. The Morgan fingerprint density at radius 3 is 2.85 bits per heavy atom. The Balaban J connectivity index is 2.03. The van der Waals surface area contributed by atoms with E-state index in [-0.39, 0.29) is 6.61 Å². The molecule has 0 aromatic carbocycles. The molecule has 0 saturated heterocycles. The number of aromatic nitrogens is 3. The van der Waals surface area contributed by atoms with Crippen LogP contribution in [0.15, 0.2) is 12.3 Å². The molecule has 3 rings (SSSR count). The molecular weight excluding hydrogens is 274 g/mol. The smallest absolute Gasteiger partial charge is 0.160 e. The van der Waals surface area contributed by atoms with Crippen molar-refractivity contribution >= 4 is 22.8 Å². The number of hydrogen-bond donors (Lipinski definition) is 1. The number of aliphatic hydroxyl groups is 1. The van der Waals surface area contributed by atoms with E-state index in [9.17, 15) is 0 Å². The van der Waals surface area contributed by atoms with Crippen LogP contribution in [-0.2, 0) is 6.54 Å². The van der Waals surface area contributed by atoms with Gasteiger partial charge in [0.1, 0.15) is 11.3 Å². The van der Waals surface area contributed by atoms with Gasteiger partial charge in [0.15, 0.2) is 5.65 Å². The van der Waals surface area contributed by atoms with Crippen molar-refractivity contribution in [3.63, 3.8) is 0 Å². The fraction of sp³-hybridized carbons (Fsp3) is 0.600. The molecule has 0 radical (unpaired) electrons. The average Bonchev–Trinajstić information content (AvgIpc) is 2.83. The van der Waals surface area contributed by atoms with E-state index in [0.717, 1.165) is 30.0 Å². The maximum Gasteiger partial charge on any atom is 0.160 e. The molecule has 1 N–H and O–H groups in total. The first-order valence-corrected chi connectivity index (χ1v) is 7.80. The summed E-state index contributed by atoms with van der Waals surface area (Å²) in [7, 11) is 0. The van der Waals surface area contributed by atoms with E-state index in [4.69, 9.17) is 21.7 Å². The molecule has 4 nitrogen and oxygen atoms in total. The Morgan fingerprint density at radius 2 is 2.10 bits per heavy atom. The first-order valence-electron chi connectivity index (χ1n) is 7.42. The second-order valence-electron chi connectivity index (χ2n) is 5.53. The number of aliphatic hydroxyl groups excluding tert-OH is 1. The van der Waals surface area contributed by atoms with Gasteiger partial charge in [-0.2, -0.15) is 0 Å². The lowest BCUT2D eigenvalue weighted by molar-refractivity contribution is 0.278. The molecule has 20 heavy (non-hydrogen) atoms. The minimum absolute atomic E-state index is 0.192. The maximum atomic E-state index is 9.11. The van der Waals surface area contributed by atoms with Crippen LogP contribution in [0.2, 0.25) is 5.02 Å². The molecule has 2 heterocycles. The molecule has 0 atom stereocenters. The third kappa shape index (κ3) is 2.67. The van der Waals surface area contributed by atoms with Gasteiger partial charge in [-0.3, -0.25) is 0 Å². The lowest BCUT2D eigenvalue weighted by Gasteiger charge is -2.22. The van der Waals surface area contributed by atoms with Gasteiger partial charge in [0, 0.05) is 25.3 Å². The molecule has 1 fully saturated rings. The summed E-state index contributed by atoms with van der Waals surface area (Å²) in [5.41, 5.74) is 1.76. The van der Waals surface area contributed by atoms with Crippen LogP contribution in [0.3, 0.4) is 0 Å². The quantitative estimate of drug-likeness (QED) is 0.938. The predicted octanol–water partition coefficient (Wildman–Crippen LogP) is 3.51.